The number of pyridine rings is 1. The van der Waals surface area contributed by atoms with E-state index in [9.17, 15) is 27.6 Å². The van der Waals surface area contributed by atoms with Crippen LogP contribution in [0.1, 0.15) is 78.6 Å². The maximum Gasteiger partial charge on any atom is 0.240 e. The lowest BCUT2D eigenvalue weighted by molar-refractivity contribution is -0.148. The van der Waals surface area contributed by atoms with Crippen LogP contribution in [0.3, 0.4) is 0 Å². The lowest BCUT2D eigenvalue weighted by atomic mass is 9.77. The highest BCUT2D eigenvalue weighted by molar-refractivity contribution is 7.90. The van der Waals surface area contributed by atoms with E-state index in [2.05, 4.69) is 11.3 Å². The van der Waals surface area contributed by atoms with Gasteiger partial charge in [-0.2, -0.15) is 0 Å². The van der Waals surface area contributed by atoms with Gasteiger partial charge >= 0.3 is 0 Å². The van der Waals surface area contributed by atoms with E-state index in [0.29, 0.717) is 54.0 Å². The molecule has 3 aromatic rings. The van der Waals surface area contributed by atoms with Crippen molar-refractivity contribution in [2.45, 2.75) is 96.0 Å². The number of aromatic nitrogens is 1. The van der Waals surface area contributed by atoms with Gasteiger partial charge in [0.25, 0.3) is 0 Å². The second-order valence-electron chi connectivity index (χ2n) is 17.3. The van der Waals surface area contributed by atoms with E-state index in [4.69, 9.17) is 14.5 Å². The van der Waals surface area contributed by atoms with Crippen LogP contribution in [-0.2, 0) is 29.2 Å². The minimum absolute atomic E-state index is 0.00436. The number of allylic oxidation sites excluding steroid dienone is 1. The van der Waals surface area contributed by atoms with Crippen LogP contribution in [-0.4, -0.2) is 90.8 Å². The lowest BCUT2D eigenvalue weighted by Crippen LogP contribution is -2.49. The number of sulfonamides is 1. The van der Waals surface area contributed by atoms with Gasteiger partial charge in [0.1, 0.15) is 23.1 Å². The zero-order valence-corrected chi connectivity index (χ0v) is 34.2. The summed E-state index contributed by atoms with van der Waals surface area (Å²) in [7, 11) is -2.28. The first kappa shape index (κ1) is 40.4. The average Bonchev–Trinajstić information content (AvgIpc) is 4.13. The highest BCUT2D eigenvalue weighted by atomic mass is 32.2. The van der Waals surface area contributed by atoms with Crippen LogP contribution in [0.25, 0.3) is 22.2 Å². The molecule has 7 rings (SSSR count). The number of ether oxygens (including phenoxy) is 2. The predicted octanol–water partition coefficient (Wildman–Crippen LogP) is 6.08. The van der Waals surface area contributed by atoms with Crippen LogP contribution in [0.15, 0.2) is 67.3 Å². The molecular formula is C44H54N4O8S. The van der Waals surface area contributed by atoms with E-state index in [1.54, 1.807) is 18.1 Å². The molecule has 4 fully saturated rings. The second-order valence-corrected chi connectivity index (χ2v) is 19.3. The lowest BCUT2D eigenvalue weighted by Gasteiger charge is -2.36. The fourth-order valence-electron chi connectivity index (χ4n) is 8.54. The number of carbonyl (C=O) groups is 4. The van der Waals surface area contributed by atoms with Gasteiger partial charge < -0.3 is 19.3 Å². The minimum Gasteiger partial charge on any atom is -0.494 e. The summed E-state index contributed by atoms with van der Waals surface area (Å²) in [5.41, 5.74) is 0.206. The van der Waals surface area contributed by atoms with Crippen molar-refractivity contribution in [1.29, 1.82) is 0 Å². The standard InChI is InChI=1S/C44H54N4O8S/c1-6-29-25-44(29,42(52)46-57(53,54)31-18-19-31)26-36(49)35-22-30(27-48(35)41(51)33(43(2,3)4)23-39(50)47-20-11-8-12-21-47)56-38-24-34(28-14-9-7-10-15-28)45-40-32(38)16-13-17-37(40)55-5/h6-7,9-10,13-17,24,29-31,33,35H,1,8,11-12,18-23,25-27H2,2-5H3,(H,46,52)/t29-,30-,33-,35+,44-/m1/s1. The number of rotatable bonds is 14. The maximum absolute atomic E-state index is 14.9. The van der Waals surface area contributed by atoms with Gasteiger partial charge in [-0.15, -0.1) is 6.58 Å². The van der Waals surface area contributed by atoms with Crippen LogP contribution in [0, 0.1) is 22.7 Å². The predicted molar refractivity (Wildman–Crippen MR) is 217 cm³/mol. The zero-order chi connectivity index (χ0) is 40.7. The van der Waals surface area contributed by atoms with Crippen molar-refractivity contribution in [3.63, 3.8) is 0 Å². The van der Waals surface area contributed by atoms with Crippen LogP contribution in [0.5, 0.6) is 11.5 Å². The molecule has 0 radical (unpaired) electrons. The highest BCUT2D eigenvalue weighted by Gasteiger charge is 2.61. The number of amides is 3. The van der Waals surface area contributed by atoms with E-state index >= 15 is 0 Å². The summed E-state index contributed by atoms with van der Waals surface area (Å²) in [6.07, 6.45) is 4.98. The zero-order valence-electron chi connectivity index (χ0n) is 33.4. The highest BCUT2D eigenvalue weighted by Crippen LogP contribution is 2.57. The molecule has 0 bridgehead atoms. The third kappa shape index (κ3) is 8.44. The topological polar surface area (TPSA) is 152 Å². The number of methoxy groups -OCH3 is 1. The van der Waals surface area contributed by atoms with Gasteiger partial charge in [0.15, 0.2) is 5.78 Å². The quantitative estimate of drug-likeness (QED) is 0.191. The Balaban J connectivity index is 1.22. The molecule has 12 nitrogen and oxygen atoms in total. The van der Waals surface area contributed by atoms with Crippen molar-refractivity contribution in [3.05, 3.63) is 67.3 Å². The Morgan fingerprint density at radius 3 is 2.37 bits per heavy atom. The average molecular weight is 799 g/mol. The van der Waals surface area contributed by atoms with E-state index in [0.717, 1.165) is 24.8 Å². The SMILES string of the molecule is C=C[C@@H]1C[C@]1(CC(=O)[C@@H]1C[C@@H](Oc2cc(-c3ccccc3)nc3c(OC)cccc23)CN1C(=O)[C@@H](CC(=O)N1CCCCC1)C(C)(C)C)C(=O)NS(=O)(=O)C1CC1. The first-order valence-electron chi connectivity index (χ1n) is 20.1. The molecule has 1 aromatic heterocycles. The van der Waals surface area contributed by atoms with Gasteiger partial charge in [0.2, 0.25) is 27.7 Å². The summed E-state index contributed by atoms with van der Waals surface area (Å²) >= 11 is 0. The number of likely N-dealkylation sites (tertiary alicyclic amines) is 2. The van der Waals surface area contributed by atoms with Crippen LogP contribution < -0.4 is 14.2 Å². The summed E-state index contributed by atoms with van der Waals surface area (Å²) < 4.78 is 40.4. The first-order chi connectivity index (χ1) is 27.1. The minimum atomic E-state index is -3.86. The van der Waals surface area contributed by atoms with Crippen LogP contribution in [0.2, 0.25) is 0 Å². The van der Waals surface area contributed by atoms with E-state index < -0.39 is 56.0 Å². The summed E-state index contributed by atoms with van der Waals surface area (Å²) in [5, 5.41) is 0.0882. The number of nitrogens with zero attached hydrogens (tertiary/aromatic N) is 3. The number of fused-ring (bicyclic) bond motifs is 1. The molecule has 1 N–H and O–H groups in total. The Morgan fingerprint density at radius 2 is 1.74 bits per heavy atom. The smallest absolute Gasteiger partial charge is 0.240 e. The van der Waals surface area contributed by atoms with Crippen LogP contribution >= 0.6 is 0 Å². The summed E-state index contributed by atoms with van der Waals surface area (Å²) in [4.78, 5) is 65.2. The van der Waals surface area contributed by atoms with E-state index in [1.807, 2.05) is 80.3 Å². The maximum atomic E-state index is 14.9. The monoisotopic (exact) mass is 798 g/mol. The number of piperidine rings is 1. The molecule has 2 aliphatic heterocycles. The molecule has 57 heavy (non-hydrogen) atoms. The molecular weight excluding hydrogens is 745 g/mol. The number of hydrogen-bond acceptors (Lipinski definition) is 9. The Morgan fingerprint density at radius 1 is 1.02 bits per heavy atom. The molecule has 2 aromatic carbocycles. The van der Waals surface area contributed by atoms with Crippen molar-refractivity contribution in [3.8, 4) is 22.8 Å². The number of Topliss-reactive ketones (excluding diaryl/α,β-unsaturated/α-hetero) is 1. The van der Waals surface area contributed by atoms with Gasteiger partial charge in [-0.05, 0) is 62.0 Å². The second kappa shape index (κ2) is 15.9. The number of nitrogens with one attached hydrogen (secondary N) is 1. The molecule has 13 heteroatoms. The Bertz CT molecular complexity index is 2160. The summed E-state index contributed by atoms with van der Waals surface area (Å²) in [6, 6.07) is 16.1. The van der Waals surface area contributed by atoms with Crippen LogP contribution in [0.4, 0.5) is 0 Å². The fourth-order valence-corrected chi connectivity index (χ4v) is 9.93. The normalized spacial score (nSPS) is 24.1. The fraction of sp³-hybridized carbons (Fsp3) is 0.523. The molecule has 2 saturated carbocycles. The Hall–Kier alpha value is -4.78. The summed E-state index contributed by atoms with van der Waals surface area (Å²) in [6.45, 7) is 11.0. The van der Waals surface area contributed by atoms with E-state index in [-0.39, 0.29) is 49.8 Å². The van der Waals surface area contributed by atoms with Crippen molar-refractivity contribution in [2.75, 3.05) is 26.7 Å². The molecule has 304 valence electrons. The van der Waals surface area contributed by atoms with Gasteiger partial charge in [-0.3, -0.25) is 23.9 Å². The summed E-state index contributed by atoms with van der Waals surface area (Å²) in [5.74, 6) is -1.54. The van der Waals surface area contributed by atoms with Gasteiger partial charge in [0.05, 0.1) is 42.0 Å². The Kier molecular flexibility index (Phi) is 11.3. The molecule has 3 amide bonds. The molecule has 0 unspecified atom stereocenters. The number of benzene rings is 2. The molecule has 4 aliphatic rings. The molecule has 3 heterocycles. The molecule has 5 atom stereocenters. The van der Waals surface area contributed by atoms with E-state index in [1.165, 1.54) is 0 Å². The van der Waals surface area contributed by atoms with Crippen molar-refractivity contribution in [1.82, 2.24) is 19.5 Å². The van der Waals surface area contributed by atoms with Crippen molar-refractivity contribution < 1.29 is 37.1 Å². The number of para-hydroxylation sites is 1. The van der Waals surface area contributed by atoms with Gasteiger partial charge in [-0.25, -0.2) is 13.4 Å². The largest absolute Gasteiger partial charge is 0.494 e. The van der Waals surface area contributed by atoms with Gasteiger partial charge in [-0.1, -0.05) is 63.2 Å². The number of carbonyl (C=O) groups excluding carboxylic acids is 4. The number of hydrogen-bond donors (Lipinski definition) is 1. The first-order valence-corrected chi connectivity index (χ1v) is 21.7. The Labute approximate surface area is 335 Å². The van der Waals surface area contributed by atoms with Crippen molar-refractivity contribution in [2.24, 2.45) is 22.7 Å². The van der Waals surface area contributed by atoms with Crippen molar-refractivity contribution >= 4 is 44.4 Å². The van der Waals surface area contributed by atoms with Gasteiger partial charge in [0, 0.05) is 49.4 Å². The third-order valence-electron chi connectivity index (χ3n) is 12.3. The molecule has 2 saturated heterocycles. The third-order valence-corrected chi connectivity index (χ3v) is 14.1. The molecule has 0 spiro atoms. The number of ketones is 1. The molecule has 2 aliphatic carbocycles.